The van der Waals surface area contributed by atoms with E-state index in [-0.39, 0.29) is 5.75 Å². The van der Waals surface area contributed by atoms with Crippen LogP contribution in [0.5, 0.6) is 0 Å². The van der Waals surface area contributed by atoms with Gasteiger partial charge in [0.25, 0.3) is 0 Å². The highest BCUT2D eigenvalue weighted by Gasteiger charge is 2.27. The van der Waals surface area contributed by atoms with E-state index in [4.69, 9.17) is 21.4 Å². The lowest BCUT2D eigenvalue weighted by molar-refractivity contribution is 0.163. The Kier molecular flexibility index (Phi) is 7.02. The fraction of sp³-hybridized carbons (Fsp3) is 0.500. The van der Waals surface area contributed by atoms with Crippen molar-refractivity contribution in [2.75, 3.05) is 31.9 Å². The van der Waals surface area contributed by atoms with Crippen LogP contribution in [0.25, 0.3) is 11.4 Å². The first-order chi connectivity index (χ1) is 13.5. The molecular weight excluding hydrogens is 402 g/mol. The minimum Gasteiger partial charge on any atom is -0.338 e. The first kappa shape index (κ1) is 20.7. The van der Waals surface area contributed by atoms with Gasteiger partial charge in [0.2, 0.25) is 21.7 Å². The monoisotopic (exact) mass is 423 g/mol. The molecule has 0 N–H and O–H groups in total. The molecule has 3 rings (SSSR count). The van der Waals surface area contributed by atoms with Crippen molar-refractivity contribution in [3.63, 3.8) is 0 Å². The summed E-state index contributed by atoms with van der Waals surface area (Å²) in [5.41, 5.74) is 0.826. The zero-order valence-electron chi connectivity index (χ0n) is 15.4. The van der Waals surface area contributed by atoms with Crippen LogP contribution in [-0.4, -0.2) is 59.7 Å². The van der Waals surface area contributed by atoms with E-state index in [1.165, 1.54) is 4.31 Å². The van der Waals surface area contributed by atoms with Crippen molar-refractivity contribution >= 4 is 21.6 Å². The van der Waals surface area contributed by atoms with Crippen molar-refractivity contribution in [1.29, 1.82) is 5.26 Å². The topological polar surface area (TPSA) is 103 Å². The summed E-state index contributed by atoms with van der Waals surface area (Å²) in [6, 6.07) is 9.24. The Morgan fingerprint density at radius 3 is 2.54 bits per heavy atom. The predicted octanol–water partition coefficient (Wildman–Crippen LogP) is 2.53. The van der Waals surface area contributed by atoms with Crippen molar-refractivity contribution in [3.05, 3.63) is 35.2 Å². The lowest BCUT2D eigenvalue weighted by atomic mass is 10.2. The summed E-state index contributed by atoms with van der Waals surface area (Å²) in [4.78, 5) is 6.51. The van der Waals surface area contributed by atoms with E-state index < -0.39 is 10.0 Å². The van der Waals surface area contributed by atoms with Crippen LogP contribution < -0.4 is 0 Å². The number of unbranched alkanes of at least 4 members (excludes halogenated alkanes) is 2. The summed E-state index contributed by atoms with van der Waals surface area (Å²) in [5.74, 6) is 1.10. The molecule has 8 nitrogen and oxygen atoms in total. The third-order valence-electron chi connectivity index (χ3n) is 4.59. The molecule has 1 fully saturated rings. The molecule has 0 radical (unpaired) electrons. The van der Waals surface area contributed by atoms with E-state index in [2.05, 4.69) is 15.0 Å². The normalized spacial score (nSPS) is 16.1. The van der Waals surface area contributed by atoms with E-state index in [9.17, 15) is 8.42 Å². The van der Waals surface area contributed by atoms with E-state index >= 15 is 0 Å². The second-order valence-electron chi connectivity index (χ2n) is 6.63. The molecule has 1 aliphatic heterocycles. The molecule has 2 aromatic rings. The summed E-state index contributed by atoms with van der Waals surface area (Å²) < 4.78 is 31.6. The van der Waals surface area contributed by atoms with Gasteiger partial charge >= 0.3 is 0 Å². The number of hydrogen-bond donors (Lipinski definition) is 0. The Balaban J connectivity index is 1.49. The number of nitrogens with zero attached hydrogens (tertiary/aromatic N) is 5. The molecule has 1 aliphatic rings. The Hall–Kier alpha value is -1.99. The van der Waals surface area contributed by atoms with E-state index in [0.717, 1.165) is 5.56 Å². The minimum atomic E-state index is -3.26. The molecule has 28 heavy (non-hydrogen) atoms. The van der Waals surface area contributed by atoms with Crippen LogP contribution >= 0.6 is 11.6 Å². The van der Waals surface area contributed by atoms with Crippen LogP contribution in [0.15, 0.2) is 28.8 Å². The van der Waals surface area contributed by atoms with Crippen LogP contribution in [0.3, 0.4) is 0 Å². The van der Waals surface area contributed by atoms with Gasteiger partial charge in [-0.05, 0) is 37.1 Å². The molecule has 1 aromatic heterocycles. The molecule has 0 unspecified atom stereocenters. The minimum absolute atomic E-state index is 0.1000. The molecular formula is C18H22ClN5O3S. The zero-order valence-corrected chi connectivity index (χ0v) is 17.0. The average Bonchev–Trinajstić information content (AvgIpc) is 3.15. The fourth-order valence-electron chi connectivity index (χ4n) is 3.01. The van der Waals surface area contributed by atoms with Gasteiger partial charge in [0.05, 0.1) is 18.4 Å². The molecule has 10 heteroatoms. The second-order valence-corrected chi connectivity index (χ2v) is 9.15. The van der Waals surface area contributed by atoms with Gasteiger partial charge in [-0.2, -0.15) is 14.6 Å². The highest BCUT2D eigenvalue weighted by Crippen LogP contribution is 2.19. The van der Waals surface area contributed by atoms with Crippen molar-refractivity contribution in [3.8, 4) is 17.5 Å². The first-order valence-corrected chi connectivity index (χ1v) is 11.1. The molecule has 2 heterocycles. The van der Waals surface area contributed by atoms with Crippen molar-refractivity contribution in [2.24, 2.45) is 0 Å². The SMILES string of the molecule is N#CCCCCS(=O)(=O)N1CCN(Cc2nc(-c3ccc(Cl)cc3)no2)CC1. The van der Waals surface area contributed by atoms with Gasteiger partial charge < -0.3 is 4.52 Å². The van der Waals surface area contributed by atoms with E-state index in [1.807, 2.05) is 18.2 Å². The Bertz CT molecular complexity index is 915. The molecule has 0 bridgehead atoms. The quantitative estimate of drug-likeness (QED) is 0.601. The smallest absolute Gasteiger partial charge is 0.241 e. The molecule has 0 atom stereocenters. The summed E-state index contributed by atoms with van der Waals surface area (Å²) in [6.07, 6.45) is 1.53. The third-order valence-corrected chi connectivity index (χ3v) is 6.80. The lowest BCUT2D eigenvalue weighted by Gasteiger charge is -2.33. The molecule has 0 saturated carbocycles. The van der Waals surface area contributed by atoms with Gasteiger partial charge in [-0.15, -0.1) is 0 Å². The Morgan fingerprint density at radius 1 is 1.14 bits per heavy atom. The highest BCUT2D eigenvalue weighted by atomic mass is 35.5. The highest BCUT2D eigenvalue weighted by molar-refractivity contribution is 7.89. The number of benzene rings is 1. The standard InChI is InChI=1S/C18H22ClN5O3S/c19-16-6-4-15(5-7-16)18-21-17(27-22-18)14-23-9-11-24(12-10-23)28(25,26)13-3-1-2-8-20/h4-7H,1-3,9-14H2. The van der Waals surface area contributed by atoms with Gasteiger partial charge in [0, 0.05) is 43.2 Å². The van der Waals surface area contributed by atoms with Gasteiger partial charge in [-0.1, -0.05) is 16.8 Å². The number of hydrogen-bond acceptors (Lipinski definition) is 7. The van der Waals surface area contributed by atoms with Crippen LogP contribution in [0.4, 0.5) is 0 Å². The molecule has 1 aromatic carbocycles. The van der Waals surface area contributed by atoms with Crippen LogP contribution in [0, 0.1) is 11.3 Å². The largest absolute Gasteiger partial charge is 0.338 e. The van der Waals surface area contributed by atoms with Crippen molar-refractivity contribution < 1.29 is 12.9 Å². The summed E-state index contributed by atoms with van der Waals surface area (Å²) >= 11 is 5.89. The first-order valence-electron chi connectivity index (χ1n) is 9.13. The molecule has 0 aliphatic carbocycles. The zero-order chi connectivity index (χ0) is 20.0. The second kappa shape index (κ2) is 9.47. The van der Waals surface area contributed by atoms with Gasteiger partial charge in [-0.25, -0.2) is 8.42 Å². The van der Waals surface area contributed by atoms with Gasteiger partial charge in [0.15, 0.2) is 0 Å². The summed E-state index contributed by atoms with van der Waals surface area (Å²) in [5, 5.41) is 13.2. The predicted molar refractivity (Wildman–Crippen MR) is 105 cm³/mol. The number of piperazine rings is 1. The average molecular weight is 424 g/mol. The number of sulfonamides is 1. The van der Waals surface area contributed by atoms with Crippen molar-refractivity contribution in [1.82, 2.24) is 19.3 Å². The van der Waals surface area contributed by atoms with Crippen LogP contribution in [-0.2, 0) is 16.6 Å². The number of nitriles is 1. The third kappa shape index (κ3) is 5.52. The number of halogens is 1. The molecule has 150 valence electrons. The molecule has 1 saturated heterocycles. The maximum Gasteiger partial charge on any atom is 0.241 e. The Morgan fingerprint density at radius 2 is 1.86 bits per heavy atom. The fourth-order valence-corrected chi connectivity index (χ4v) is 4.68. The van der Waals surface area contributed by atoms with Crippen molar-refractivity contribution in [2.45, 2.75) is 25.8 Å². The molecule has 0 spiro atoms. The number of rotatable bonds is 8. The summed E-state index contributed by atoms with van der Waals surface area (Å²) in [6.45, 7) is 2.58. The van der Waals surface area contributed by atoms with Gasteiger partial charge in [-0.3, -0.25) is 4.90 Å². The maximum absolute atomic E-state index is 12.4. The van der Waals surface area contributed by atoms with E-state index in [1.54, 1.807) is 12.1 Å². The summed E-state index contributed by atoms with van der Waals surface area (Å²) in [7, 11) is -3.26. The Labute approximate surface area is 169 Å². The maximum atomic E-state index is 12.4. The van der Waals surface area contributed by atoms with Crippen LogP contribution in [0.2, 0.25) is 5.02 Å². The lowest BCUT2D eigenvalue weighted by Crippen LogP contribution is -2.48. The van der Waals surface area contributed by atoms with E-state index in [0.29, 0.717) is 68.7 Å². The molecule has 0 amide bonds. The van der Waals surface area contributed by atoms with Crippen LogP contribution in [0.1, 0.15) is 25.2 Å². The number of aromatic nitrogens is 2. The van der Waals surface area contributed by atoms with Gasteiger partial charge in [0.1, 0.15) is 0 Å².